The van der Waals surface area contributed by atoms with Crippen molar-refractivity contribution in [3.63, 3.8) is 0 Å². The molecular formula is C14H16BrF3O2. The van der Waals surface area contributed by atoms with Crippen LogP contribution in [-0.4, -0.2) is 18.6 Å². The highest BCUT2D eigenvalue weighted by Gasteiger charge is 2.36. The smallest absolute Gasteiger partial charge is 0.449 e. The number of hydrogen-bond acceptors (Lipinski definition) is 2. The van der Waals surface area contributed by atoms with Gasteiger partial charge < -0.3 is 4.74 Å². The molecule has 0 aliphatic heterocycles. The minimum Gasteiger partial charge on any atom is -0.494 e. The van der Waals surface area contributed by atoms with Gasteiger partial charge in [-0.05, 0) is 37.1 Å². The number of benzene rings is 1. The molecule has 0 bridgehead atoms. The molecule has 0 aromatic heterocycles. The van der Waals surface area contributed by atoms with Crippen LogP contribution in [-0.2, 0) is 4.79 Å². The van der Waals surface area contributed by atoms with E-state index in [-0.39, 0.29) is 6.42 Å². The van der Waals surface area contributed by atoms with Gasteiger partial charge in [0.2, 0.25) is 5.78 Å². The molecule has 0 radical (unpaired) electrons. The second-order valence-corrected chi connectivity index (χ2v) is 5.30. The van der Waals surface area contributed by atoms with Crippen molar-refractivity contribution in [2.24, 2.45) is 0 Å². The second kappa shape index (κ2) is 8.29. The molecule has 2 nitrogen and oxygen atoms in total. The summed E-state index contributed by atoms with van der Waals surface area (Å²) in [5.74, 6) is -0.871. The number of alkyl halides is 3. The van der Waals surface area contributed by atoms with Crippen molar-refractivity contribution in [2.45, 2.75) is 38.3 Å². The summed E-state index contributed by atoms with van der Waals surface area (Å²) < 4.78 is 42.2. The van der Waals surface area contributed by atoms with Crippen molar-refractivity contribution in [3.8, 4) is 5.75 Å². The molecule has 20 heavy (non-hydrogen) atoms. The molecule has 0 saturated heterocycles. The number of carbonyl (C=O) groups is 1. The Morgan fingerprint density at radius 3 is 2.25 bits per heavy atom. The predicted molar refractivity (Wildman–Crippen MR) is 73.8 cm³/mol. The minimum atomic E-state index is -4.69. The molecule has 0 aliphatic rings. The Balaban J connectivity index is 2.03. The highest BCUT2D eigenvalue weighted by atomic mass is 79.9. The Hall–Kier alpha value is -1.04. The third-order valence-electron chi connectivity index (χ3n) is 2.70. The fourth-order valence-corrected chi connectivity index (χ4v) is 1.87. The highest BCUT2D eigenvalue weighted by molar-refractivity contribution is 9.10. The Kier molecular flexibility index (Phi) is 7.05. The molecule has 0 aliphatic carbocycles. The lowest BCUT2D eigenvalue weighted by Crippen LogP contribution is -2.22. The molecule has 112 valence electrons. The average Bonchev–Trinajstić information content (AvgIpc) is 2.38. The Labute approximate surface area is 124 Å². The van der Waals surface area contributed by atoms with Crippen LogP contribution in [0.5, 0.6) is 5.75 Å². The van der Waals surface area contributed by atoms with Crippen molar-refractivity contribution in [1.82, 2.24) is 0 Å². The van der Waals surface area contributed by atoms with Gasteiger partial charge in [-0.25, -0.2) is 0 Å². The predicted octanol–water partition coefficient (Wildman–Crippen LogP) is 4.91. The molecule has 0 spiro atoms. The van der Waals surface area contributed by atoms with E-state index in [1.807, 2.05) is 24.3 Å². The summed E-state index contributed by atoms with van der Waals surface area (Å²) in [4.78, 5) is 10.6. The van der Waals surface area contributed by atoms with E-state index in [0.29, 0.717) is 13.0 Å². The topological polar surface area (TPSA) is 26.3 Å². The molecule has 0 amide bonds. The number of rotatable bonds is 8. The van der Waals surface area contributed by atoms with Gasteiger partial charge in [0.05, 0.1) is 6.61 Å². The van der Waals surface area contributed by atoms with Gasteiger partial charge in [0.25, 0.3) is 0 Å². The largest absolute Gasteiger partial charge is 0.494 e. The Morgan fingerprint density at radius 1 is 1.05 bits per heavy atom. The lowest BCUT2D eigenvalue weighted by atomic mass is 10.1. The number of halogens is 4. The normalized spacial score (nSPS) is 11.4. The number of Topliss-reactive ketones (excluding diaryl/α,β-unsaturated/α-hetero) is 1. The molecule has 0 N–H and O–H groups in total. The van der Waals surface area contributed by atoms with Crippen molar-refractivity contribution in [3.05, 3.63) is 28.7 Å². The SMILES string of the molecule is O=C(CCCCCCOc1ccc(Br)cc1)C(F)(F)F. The minimum absolute atomic E-state index is 0.274. The van der Waals surface area contributed by atoms with E-state index in [1.165, 1.54) is 0 Å². The van der Waals surface area contributed by atoms with Crippen molar-refractivity contribution in [2.75, 3.05) is 6.61 Å². The zero-order valence-corrected chi connectivity index (χ0v) is 12.5. The summed E-state index contributed by atoms with van der Waals surface area (Å²) in [6.45, 7) is 0.523. The van der Waals surface area contributed by atoms with Gasteiger partial charge in [-0.2, -0.15) is 13.2 Å². The molecule has 0 saturated carbocycles. The van der Waals surface area contributed by atoms with E-state index in [2.05, 4.69) is 15.9 Å². The summed E-state index contributed by atoms with van der Waals surface area (Å²) >= 11 is 3.32. The first-order chi connectivity index (χ1) is 9.39. The van der Waals surface area contributed by atoms with E-state index in [1.54, 1.807) is 0 Å². The fourth-order valence-electron chi connectivity index (χ4n) is 1.60. The standard InChI is InChI=1S/C14H16BrF3O2/c15-11-6-8-12(9-7-11)20-10-4-2-1-3-5-13(19)14(16,17)18/h6-9H,1-5,10H2. The lowest BCUT2D eigenvalue weighted by Gasteiger charge is -2.06. The maximum atomic E-state index is 11.9. The van der Waals surface area contributed by atoms with Gasteiger partial charge in [0, 0.05) is 10.9 Å². The van der Waals surface area contributed by atoms with Crippen LogP contribution in [0.4, 0.5) is 13.2 Å². The van der Waals surface area contributed by atoms with Crippen LogP contribution < -0.4 is 4.74 Å². The van der Waals surface area contributed by atoms with Crippen LogP contribution >= 0.6 is 15.9 Å². The second-order valence-electron chi connectivity index (χ2n) is 4.39. The summed E-state index contributed by atoms with van der Waals surface area (Å²) in [6, 6.07) is 7.42. The summed E-state index contributed by atoms with van der Waals surface area (Å²) in [5.41, 5.74) is 0. The number of hydrogen-bond donors (Lipinski definition) is 0. The van der Waals surface area contributed by atoms with E-state index in [0.717, 1.165) is 23.1 Å². The number of unbranched alkanes of at least 4 members (excludes halogenated alkanes) is 3. The average molecular weight is 353 g/mol. The Morgan fingerprint density at radius 2 is 1.65 bits per heavy atom. The van der Waals surface area contributed by atoms with E-state index >= 15 is 0 Å². The molecule has 1 aromatic rings. The van der Waals surface area contributed by atoms with E-state index < -0.39 is 18.4 Å². The van der Waals surface area contributed by atoms with Gasteiger partial charge in [-0.1, -0.05) is 28.8 Å². The quantitative estimate of drug-likeness (QED) is 0.621. The Bertz CT molecular complexity index is 415. The summed E-state index contributed by atoms with van der Waals surface area (Å²) in [6.07, 6.45) is -2.72. The van der Waals surface area contributed by atoms with E-state index in [4.69, 9.17) is 4.74 Å². The molecule has 0 fully saturated rings. The van der Waals surface area contributed by atoms with Crippen LogP contribution in [0.15, 0.2) is 28.7 Å². The first-order valence-electron chi connectivity index (χ1n) is 6.38. The van der Waals surface area contributed by atoms with Crippen molar-refractivity contribution >= 4 is 21.7 Å². The van der Waals surface area contributed by atoms with Crippen LogP contribution in [0.2, 0.25) is 0 Å². The molecular weight excluding hydrogens is 337 g/mol. The van der Waals surface area contributed by atoms with Crippen molar-refractivity contribution < 1.29 is 22.7 Å². The van der Waals surface area contributed by atoms with Crippen LogP contribution in [0.3, 0.4) is 0 Å². The number of ether oxygens (including phenoxy) is 1. The third kappa shape index (κ3) is 6.93. The molecule has 0 heterocycles. The van der Waals surface area contributed by atoms with E-state index in [9.17, 15) is 18.0 Å². The van der Waals surface area contributed by atoms with Crippen LogP contribution in [0.1, 0.15) is 32.1 Å². The van der Waals surface area contributed by atoms with Crippen molar-refractivity contribution in [1.29, 1.82) is 0 Å². The van der Waals surface area contributed by atoms with Gasteiger partial charge >= 0.3 is 6.18 Å². The van der Waals surface area contributed by atoms with Crippen LogP contribution in [0, 0.1) is 0 Å². The van der Waals surface area contributed by atoms with Gasteiger partial charge in [-0.3, -0.25) is 4.79 Å². The van der Waals surface area contributed by atoms with Crippen LogP contribution in [0.25, 0.3) is 0 Å². The van der Waals surface area contributed by atoms with Gasteiger partial charge in [0.15, 0.2) is 0 Å². The molecule has 0 atom stereocenters. The lowest BCUT2D eigenvalue weighted by molar-refractivity contribution is -0.171. The molecule has 1 rings (SSSR count). The monoisotopic (exact) mass is 352 g/mol. The fraction of sp³-hybridized carbons (Fsp3) is 0.500. The zero-order valence-electron chi connectivity index (χ0n) is 10.9. The first kappa shape index (κ1) is 17.0. The maximum absolute atomic E-state index is 11.9. The zero-order chi connectivity index (χ0) is 15.0. The summed E-state index contributed by atoms with van der Waals surface area (Å²) in [7, 11) is 0. The summed E-state index contributed by atoms with van der Waals surface area (Å²) in [5, 5.41) is 0. The van der Waals surface area contributed by atoms with Gasteiger partial charge in [0.1, 0.15) is 5.75 Å². The van der Waals surface area contributed by atoms with Gasteiger partial charge in [-0.15, -0.1) is 0 Å². The highest BCUT2D eigenvalue weighted by Crippen LogP contribution is 2.20. The third-order valence-corrected chi connectivity index (χ3v) is 3.23. The molecule has 6 heteroatoms. The molecule has 0 unspecified atom stereocenters. The number of ketones is 1. The first-order valence-corrected chi connectivity index (χ1v) is 7.17. The molecule has 1 aromatic carbocycles. The maximum Gasteiger partial charge on any atom is 0.449 e. The number of carbonyl (C=O) groups excluding carboxylic acids is 1.